The molecule has 0 aliphatic carbocycles. The van der Waals surface area contributed by atoms with Crippen LogP contribution >= 0.6 is 11.3 Å². The summed E-state index contributed by atoms with van der Waals surface area (Å²) in [7, 11) is 1.89. The lowest BCUT2D eigenvalue weighted by Gasteiger charge is -2.12. The maximum Gasteiger partial charge on any atom is 0.253 e. The predicted molar refractivity (Wildman–Crippen MR) is 75.2 cm³/mol. The molecule has 0 atom stereocenters. The van der Waals surface area contributed by atoms with Gasteiger partial charge in [-0.15, -0.1) is 10.2 Å². The van der Waals surface area contributed by atoms with E-state index in [1.807, 2.05) is 17.8 Å². The van der Waals surface area contributed by atoms with Gasteiger partial charge in [0.15, 0.2) is 0 Å². The highest BCUT2D eigenvalue weighted by Gasteiger charge is 2.19. The molecule has 1 amide bonds. The second kappa shape index (κ2) is 5.13. The van der Waals surface area contributed by atoms with Gasteiger partial charge in [0.25, 0.3) is 5.91 Å². The van der Waals surface area contributed by atoms with Crippen molar-refractivity contribution in [3.8, 4) is 0 Å². The number of hydrogen-bond acceptors (Lipinski definition) is 4. The molecule has 0 bridgehead atoms. The van der Waals surface area contributed by atoms with Crippen LogP contribution in [0, 0.1) is 0 Å². The van der Waals surface area contributed by atoms with Crippen LogP contribution in [0.4, 0.5) is 0 Å². The molecule has 102 valence electrons. The number of carbonyl (C=O) groups excluding carboxylic acids is 1. The fraction of sp³-hybridized carbons (Fsp3) is 0.462. The van der Waals surface area contributed by atoms with Crippen LogP contribution in [0.1, 0.15) is 41.1 Å². The third kappa shape index (κ3) is 3.41. The zero-order valence-electron chi connectivity index (χ0n) is 11.6. The molecule has 1 N–H and O–H groups in total. The lowest BCUT2D eigenvalue weighted by Crippen LogP contribution is -2.22. The largest absolute Gasteiger partial charge is 0.356 e. The number of nitrogens with zero attached hydrogens (tertiary/aromatic N) is 3. The number of rotatable bonds is 3. The molecule has 5 nitrogen and oxygen atoms in total. The van der Waals surface area contributed by atoms with E-state index < -0.39 is 0 Å². The summed E-state index contributed by atoms with van der Waals surface area (Å²) in [5.41, 5.74) is 0.655. The Morgan fingerprint density at radius 3 is 2.68 bits per heavy atom. The number of hydrogen-bond donors (Lipinski definition) is 1. The number of amides is 1. The van der Waals surface area contributed by atoms with E-state index in [1.54, 1.807) is 23.6 Å². The first-order valence-electron chi connectivity index (χ1n) is 6.09. The van der Waals surface area contributed by atoms with Crippen molar-refractivity contribution in [3.63, 3.8) is 0 Å². The van der Waals surface area contributed by atoms with Crippen LogP contribution in [0.25, 0.3) is 0 Å². The van der Waals surface area contributed by atoms with Crippen LogP contribution in [0.3, 0.4) is 0 Å². The predicted octanol–water partition coefficient (Wildman–Crippen LogP) is 2.10. The fourth-order valence-electron chi connectivity index (χ4n) is 1.52. The van der Waals surface area contributed by atoms with Crippen molar-refractivity contribution in [3.05, 3.63) is 34.0 Å². The van der Waals surface area contributed by atoms with Crippen LogP contribution in [-0.4, -0.2) is 20.7 Å². The average Bonchev–Trinajstić information content (AvgIpc) is 2.93. The van der Waals surface area contributed by atoms with Crippen LogP contribution in [0.5, 0.6) is 0 Å². The normalized spacial score (nSPS) is 11.6. The van der Waals surface area contributed by atoms with Gasteiger partial charge in [-0.2, -0.15) is 0 Å². The minimum absolute atomic E-state index is 0.000639. The third-order valence-electron chi connectivity index (χ3n) is 2.60. The van der Waals surface area contributed by atoms with Crippen molar-refractivity contribution in [2.24, 2.45) is 7.05 Å². The highest BCUT2D eigenvalue weighted by atomic mass is 32.1. The Bertz CT molecular complexity index is 579. The van der Waals surface area contributed by atoms with Crippen molar-refractivity contribution in [1.82, 2.24) is 20.1 Å². The van der Waals surface area contributed by atoms with E-state index in [4.69, 9.17) is 0 Å². The Morgan fingerprint density at radius 2 is 2.16 bits per heavy atom. The van der Waals surface area contributed by atoms with E-state index in [0.717, 1.165) is 10.0 Å². The van der Waals surface area contributed by atoms with Crippen molar-refractivity contribution >= 4 is 17.2 Å². The molecule has 0 unspecified atom stereocenters. The van der Waals surface area contributed by atoms with Gasteiger partial charge in [-0.05, 0) is 6.07 Å². The van der Waals surface area contributed by atoms with Crippen molar-refractivity contribution < 1.29 is 4.79 Å². The Hall–Kier alpha value is -1.69. The van der Waals surface area contributed by atoms with Crippen LogP contribution < -0.4 is 5.32 Å². The molecule has 2 heterocycles. The minimum atomic E-state index is -0.0897. The van der Waals surface area contributed by atoms with E-state index in [2.05, 4.69) is 36.3 Å². The maximum absolute atomic E-state index is 11.9. The SMILES string of the molecule is Cn1ccc(C(=O)NCc2nnc(C(C)(C)C)s2)c1. The van der Waals surface area contributed by atoms with Crippen LogP contribution in [0.2, 0.25) is 0 Å². The van der Waals surface area contributed by atoms with Crippen molar-refractivity contribution in [2.45, 2.75) is 32.7 Å². The van der Waals surface area contributed by atoms with Gasteiger partial charge in [0, 0.05) is 24.9 Å². The van der Waals surface area contributed by atoms with Gasteiger partial charge < -0.3 is 9.88 Å². The molecule has 2 rings (SSSR count). The van der Waals surface area contributed by atoms with Gasteiger partial charge in [0.2, 0.25) is 0 Å². The molecule has 0 radical (unpaired) electrons. The first kappa shape index (κ1) is 13.7. The van der Waals surface area contributed by atoms with E-state index in [0.29, 0.717) is 12.1 Å². The van der Waals surface area contributed by atoms with E-state index >= 15 is 0 Å². The Morgan fingerprint density at radius 1 is 1.42 bits per heavy atom. The lowest BCUT2D eigenvalue weighted by molar-refractivity contribution is 0.0951. The van der Waals surface area contributed by atoms with Crippen molar-refractivity contribution in [2.75, 3.05) is 0 Å². The summed E-state index contributed by atoms with van der Waals surface area (Å²) < 4.78 is 1.84. The molecule has 19 heavy (non-hydrogen) atoms. The molecule has 0 spiro atoms. The summed E-state index contributed by atoms with van der Waals surface area (Å²) in [6, 6.07) is 1.79. The van der Waals surface area contributed by atoms with Gasteiger partial charge in [-0.1, -0.05) is 32.1 Å². The zero-order valence-corrected chi connectivity index (χ0v) is 12.4. The summed E-state index contributed by atoms with van der Waals surface area (Å²) in [5, 5.41) is 12.9. The second-order valence-electron chi connectivity index (χ2n) is 5.50. The topological polar surface area (TPSA) is 59.8 Å². The molecule has 0 aliphatic rings. The third-order valence-corrected chi connectivity index (χ3v) is 3.95. The highest BCUT2D eigenvalue weighted by molar-refractivity contribution is 7.11. The lowest BCUT2D eigenvalue weighted by atomic mass is 9.98. The van der Waals surface area contributed by atoms with E-state index in [-0.39, 0.29) is 11.3 Å². The molecule has 0 aliphatic heterocycles. The van der Waals surface area contributed by atoms with Gasteiger partial charge in [0.05, 0.1) is 12.1 Å². The summed E-state index contributed by atoms with van der Waals surface area (Å²) in [5.74, 6) is -0.0897. The second-order valence-corrected chi connectivity index (χ2v) is 6.56. The number of carbonyl (C=O) groups is 1. The Kier molecular flexibility index (Phi) is 3.71. The zero-order chi connectivity index (χ0) is 14.0. The smallest absolute Gasteiger partial charge is 0.253 e. The average molecular weight is 278 g/mol. The highest BCUT2D eigenvalue weighted by Crippen LogP contribution is 2.25. The van der Waals surface area contributed by atoms with Crippen LogP contribution in [-0.2, 0) is 19.0 Å². The molecular formula is C13H18N4OS. The number of aromatic nitrogens is 3. The molecular weight excluding hydrogens is 260 g/mol. The molecule has 0 saturated carbocycles. The molecule has 2 aromatic heterocycles. The summed E-state index contributed by atoms with van der Waals surface area (Å²) in [6.07, 6.45) is 3.63. The fourth-order valence-corrected chi connectivity index (χ4v) is 2.36. The minimum Gasteiger partial charge on any atom is -0.356 e. The van der Waals surface area contributed by atoms with E-state index in [9.17, 15) is 4.79 Å². The number of aryl methyl sites for hydroxylation is 1. The Balaban J connectivity index is 1.96. The Labute approximate surface area is 116 Å². The first-order chi connectivity index (χ1) is 8.86. The molecule has 0 aromatic carbocycles. The van der Waals surface area contributed by atoms with Crippen molar-refractivity contribution in [1.29, 1.82) is 0 Å². The quantitative estimate of drug-likeness (QED) is 0.935. The van der Waals surface area contributed by atoms with Gasteiger partial charge in [-0.25, -0.2) is 0 Å². The molecule has 2 aromatic rings. The number of nitrogens with one attached hydrogen (secondary N) is 1. The van der Waals surface area contributed by atoms with Gasteiger partial charge in [-0.3, -0.25) is 4.79 Å². The van der Waals surface area contributed by atoms with Gasteiger partial charge >= 0.3 is 0 Å². The molecule has 0 fully saturated rings. The van der Waals surface area contributed by atoms with E-state index in [1.165, 1.54) is 0 Å². The monoisotopic (exact) mass is 278 g/mol. The molecule has 0 saturated heterocycles. The standard InChI is InChI=1S/C13H18N4OS/c1-13(2,3)12-16-15-10(19-12)7-14-11(18)9-5-6-17(4)8-9/h5-6,8H,7H2,1-4H3,(H,14,18). The van der Waals surface area contributed by atoms with Crippen LogP contribution in [0.15, 0.2) is 18.5 Å². The maximum atomic E-state index is 11.9. The first-order valence-corrected chi connectivity index (χ1v) is 6.91. The summed E-state index contributed by atoms with van der Waals surface area (Å²) in [4.78, 5) is 11.9. The summed E-state index contributed by atoms with van der Waals surface area (Å²) in [6.45, 7) is 6.71. The summed E-state index contributed by atoms with van der Waals surface area (Å²) >= 11 is 1.54. The van der Waals surface area contributed by atoms with Gasteiger partial charge in [0.1, 0.15) is 10.0 Å². The molecule has 6 heteroatoms.